The molecule has 0 bridgehead atoms. The molecule has 0 amide bonds. The van der Waals surface area contributed by atoms with E-state index in [2.05, 4.69) is 14.7 Å². The van der Waals surface area contributed by atoms with E-state index in [1.54, 1.807) is 49.6 Å². The maximum absolute atomic E-state index is 12.7. The highest BCUT2D eigenvalue weighted by Crippen LogP contribution is 2.39. The zero-order chi connectivity index (χ0) is 25.7. The molecule has 0 radical (unpaired) electrons. The monoisotopic (exact) mass is 516 g/mol. The number of alkyl halides is 3. The van der Waals surface area contributed by atoms with Crippen molar-refractivity contribution in [3.63, 3.8) is 0 Å². The van der Waals surface area contributed by atoms with Gasteiger partial charge in [0.1, 0.15) is 28.9 Å². The summed E-state index contributed by atoms with van der Waals surface area (Å²) in [6.07, 6.45) is -1.56. The second kappa shape index (κ2) is 10.6. The van der Waals surface area contributed by atoms with E-state index >= 15 is 0 Å². The van der Waals surface area contributed by atoms with Crippen LogP contribution in [0.15, 0.2) is 67.0 Å². The van der Waals surface area contributed by atoms with E-state index in [0.29, 0.717) is 43.8 Å². The number of ether oxygens (including phenoxy) is 3. The lowest BCUT2D eigenvalue weighted by atomic mass is 10.1. The van der Waals surface area contributed by atoms with E-state index in [0.717, 1.165) is 0 Å². The third-order valence-corrected chi connectivity index (χ3v) is 5.87. The van der Waals surface area contributed by atoms with Crippen molar-refractivity contribution in [3.8, 4) is 38.9 Å². The molecule has 186 valence electrons. The van der Waals surface area contributed by atoms with E-state index in [1.807, 2.05) is 6.07 Å². The van der Waals surface area contributed by atoms with Gasteiger partial charge >= 0.3 is 12.3 Å². The smallest absolute Gasteiger partial charge is 0.486 e. The van der Waals surface area contributed by atoms with Gasteiger partial charge in [-0.3, -0.25) is 4.98 Å². The number of halogens is 3. The molecule has 0 aliphatic carbocycles. The topological polar surface area (TPSA) is 90.8 Å². The number of hydrogen-bond acceptors (Lipinski definition) is 7. The van der Waals surface area contributed by atoms with Crippen molar-refractivity contribution in [3.05, 3.63) is 77.6 Å². The van der Waals surface area contributed by atoms with Crippen LogP contribution in [0.4, 0.5) is 13.2 Å². The molecule has 0 spiro atoms. The van der Waals surface area contributed by atoms with Crippen molar-refractivity contribution < 1.29 is 37.3 Å². The van der Waals surface area contributed by atoms with Crippen molar-refractivity contribution >= 4 is 17.3 Å². The van der Waals surface area contributed by atoms with Gasteiger partial charge in [-0.15, -0.1) is 24.5 Å². The van der Waals surface area contributed by atoms with Gasteiger partial charge in [-0.25, -0.2) is 9.78 Å². The molecule has 0 saturated carbocycles. The number of carboxylic acid groups (broad SMARTS) is 1. The summed E-state index contributed by atoms with van der Waals surface area (Å²) in [6.45, 7) is 1.42. The van der Waals surface area contributed by atoms with Gasteiger partial charge in [-0.1, -0.05) is 12.1 Å². The molecule has 2 aromatic heterocycles. The Labute approximate surface area is 207 Å². The van der Waals surface area contributed by atoms with Crippen LogP contribution in [0.5, 0.6) is 17.2 Å². The molecular formula is C25H19F3N2O5S. The molecular weight excluding hydrogens is 497 g/mol. The van der Waals surface area contributed by atoms with Crippen molar-refractivity contribution in [2.24, 2.45) is 0 Å². The fourth-order valence-corrected chi connectivity index (χ4v) is 4.31. The second-order valence-electron chi connectivity index (χ2n) is 7.50. The highest BCUT2D eigenvalue weighted by molar-refractivity contribution is 7.15. The summed E-state index contributed by atoms with van der Waals surface area (Å²) in [5, 5.41) is 9.36. The van der Waals surface area contributed by atoms with Crippen LogP contribution in [0.25, 0.3) is 21.7 Å². The molecule has 0 aliphatic rings. The first-order valence-electron chi connectivity index (χ1n) is 10.5. The maximum atomic E-state index is 12.7. The lowest BCUT2D eigenvalue weighted by Gasteiger charge is -2.10. The number of thiazole rings is 1. The molecule has 7 nitrogen and oxygen atoms in total. The summed E-state index contributed by atoms with van der Waals surface area (Å²) in [5.41, 5.74) is 2.47. The fraction of sp³-hybridized carbons (Fsp3) is 0.160. The van der Waals surface area contributed by atoms with Crippen molar-refractivity contribution in [2.45, 2.75) is 19.9 Å². The predicted molar refractivity (Wildman–Crippen MR) is 126 cm³/mol. The molecule has 4 rings (SSSR count). The minimum Gasteiger partial charge on any atom is -0.486 e. The Kier molecular flexibility index (Phi) is 7.39. The van der Waals surface area contributed by atoms with Gasteiger partial charge in [0.25, 0.3) is 0 Å². The Hall–Kier alpha value is -4.12. The van der Waals surface area contributed by atoms with Crippen LogP contribution in [-0.2, 0) is 11.4 Å². The highest BCUT2D eigenvalue weighted by Gasteiger charge is 2.31. The number of pyridine rings is 1. The molecule has 2 aromatic carbocycles. The number of rotatable bonds is 9. The van der Waals surface area contributed by atoms with Crippen LogP contribution in [0.2, 0.25) is 0 Å². The highest BCUT2D eigenvalue weighted by atomic mass is 32.1. The molecule has 2 heterocycles. The molecule has 0 aliphatic heterocycles. The molecule has 1 N–H and O–H groups in total. The minimum atomic E-state index is -4.80. The largest absolute Gasteiger partial charge is 0.573 e. The SMILES string of the molecule is Cc1cc(OCc2nc(-c3cccnc3)c(-c3cccc(OC(F)(F)F)c3)s2)ccc1OCC(=O)O. The first kappa shape index (κ1) is 25.0. The average Bonchev–Trinajstić information content (AvgIpc) is 3.26. The Morgan fingerprint density at radius 2 is 1.83 bits per heavy atom. The summed E-state index contributed by atoms with van der Waals surface area (Å²) in [5.74, 6) is -0.449. The molecule has 36 heavy (non-hydrogen) atoms. The first-order valence-corrected chi connectivity index (χ1v) is 11.3. The van der Waals surface area contributed by atoms with Crippen LogP contribution in [0, 0.1) is 6.92 Å². The summed E-state index contributed by atoms with van der Waals surface area (Å²) >= 11 is 1.28. The lowest BCUT2D eigenvalue weighted by Crippen LogP contribution is -2.17. The zero-order valence-electron chi connectivity index (χ0n) is 18.8. The van der Waals surface area contributed by atoms with E-state index in [1.165, 1.54) is 29.5 Å². The normalized spacial score (nSPS) is 11.2. The maximum Gasteiger partial charge on any atom is 0.573 e. The summed E-state index contributed by atoms with van der Waals surface area (Å²) in [4.78, 5) is 20.1. The third-order valence-electron chi connectivity index (χ3n) is 4.80. The summed E-state index contributed by atoms with van der Waals surface area (Å²) in [6, 6.07) is 14.2. The van der Waals surface area contributed by atoms with Gasteiger partial charge in [0, 0.05) is 18.0 Å². The number of benzene rings is 2. The fourth-order valence-electron chi connectivity index (χ4n) is 3.31. The average molecular weight is 516 g/mol. The molecule has 11 heteroatoms. The summed E-state index contributed by atoms with van der Waals surface area (Å²) < 4.78 is 53.3. The van der Waals surface area contributed by atoms with E-state index in [4.69, 9.17) is 14.6 Å². The van der Waals surface area contributed by atoms with Crippen LogP contribution in [0.1, 0.15) is 10.6 Å². The van der Waals surface area contributed by atoms with Gasteiger partial charge in [-0.2, -0.15) is 0 Å². The predicted octanol–water partition coefficient (Wildman–Crippen LogP) is 6.12. The van der Waals surface area contributed by atoms with Crippen LogP contribution in [0.3, 0.4) is 0 Å². The Morgan fingerprint density at radius 3 is 2.53 bits per heavy atom. The molecule has 0 fully saturated rings. The zero-order valence-corrected chi connectivity index (χ0v) is 19.6. The van der Waals surface area contributed by atoms with E-state index in [-0.39, 0.29) is 12.4 Å². The Morgan fingerprint density at radius 1 is 1.03 bits per heavy atom. The number of hydrogen-bond donors (Lipinski definition) is 1. The minimum absolute atomic E-state index is 0.103. The number of carboxylic acids is 1. The van der Waals surface area contributed by atoms with E-state index < -0.39 is 18.9 Å². The first-order chi connectivity index (χ1) is 17.2. The van der Waals surface area contributed by atoms with Crippen LogP contribution in [-0.4, -0.2) is 34.0 Å². The van der Waals surface area contributed by atoms with E-state index in [9.17, 15) is 18.0 Å². The van der Waals surface area contributed by atoms with Crippen LogP contribution < -0.4 is 14.2 Å². The van der Waals surface area contributed by atoms with Gasteiger partial charge in [-0.05, 0) is 60.5 Å². The Bertz CT molecular complexity index is 1360. The number of nitrogens with zero attached hydrogens (tertiary/aromatic N) is 2. The number of aryl methyl sites for hydroxylation is 1. The van der Waals surface area contributed by atoms with Crippen molar-refractivity contribution in [1.82, 2.24) is 9.97 Å². The lowest BCUT2D eigenvalue weighted by molar-refractivity contribution is -0.274. The number of aliphatic carboxylic acids is 1. The van der Waals surface area contributed by atoms with Gasteiger partial charge in [0.05, 0.1) is 10.6 Å². The molecule has 0 unspecified atom stereocenters. The van der Waals surface area contributed by atoms with Crippen LogP contribution >= 0.6 is 11.3 Å². The Balaban J connectivity index is 1.59. The molecule has 4 aromatic rings. The summed E-state index contributed by atoms with van der Waals surface area (Å²) in [7, 11) is 0. The standard InChI is InChI=1S/C25H19F3N2O5S/c1-15-10-18(7-8-20(15)34-14-22(31)32)33-13-21-30-23(17-5-3-9-29-12-17)24(36-21)16-4-2-6-19(11-16)35-25(26,27)28/h2-12H,13-14H2,1H3,(H,31,32). The van der Waals surface area contributed by atoms with Crippen molar-refractivity contribution in [1.29, 1.82) is 0 Å². The van der Waals surface area contributed by atoms with Gasteiger partial charge in [0.2, 0.25) is 0 Å². The second-order valence-corrected chi connectivity index (χ2v) is 8.58. The number of aromatic nitrogens is 2. The molecule has 0 saturated heterocycles. The van der Waals surface area contributed by atoms with Gasteiger partial charge in [0.15, 0.2) is 6.61 Å². The quantitative estimate of drug-likeness (QED) is 0.287. The molecule has 0 atom stereocenters. The number of carbonyl (C=O) groups is 1. The third kappa shape index (κ3) is 6.51. The van der Waals surface area contributed by atoms with Crippen molar-refractivity contribution in [2.75, 3.05) is 6.61 Å². The van der Waals surface area contributed by atoms with Gasteiger partial charge < -0.3 is 19.3 Å².